The molecule has 110 valence electrons. The van der Waals surface area contributed by atoms with Crippen LogP contribution in [-0.4, -0.2) is 22.5 Å². The van der Waals surface area contributed by atoms with Crippen molar-refractivity contribution < 1.29 is 15.5 Å². The molecule has 2 aromatic rings. The van der Waals surface area contributed by atoms with Gasteiger partial charge in [-0.25, -0.2) is 0 Å². The average molecular weight is 298 g/mol. The summed E-state index contributed by atoms with van der Waals surface area (Å²) in [6, 6.07) is 19.8. The van der Waals surface area contributed by atoms with Gasteiger partial charge < -0.3 is 5.48 Å². The van der Waals surface area contributed by atoms with E-state index < -0.39 is 0 Å². The minimum absolute atomic E-state index is 0. The van der Waals surface area contributed by atoms with Gasteiger partial charge in [0.25, 0.3) is 0 Å². The highest BCUT2D eigenvalue weighted by atomic mass is 35.5. The van der Waals surface area contributed by atoms with Crippen molar-refractivity contribution in [1.29, 1.82) is 0 Å². The first-order chi connectivity index (χ1) is 8.84. The van der Waals surface area contributed by atoms with Crippen LogP contribution in [0.15, 0.2) is 60.7 Å². The highest BCUT2D eigenvalue weighted by Crippen LogP contribution is 2.04. The Balaban J connectivity index is 0.00000180. The van der Waals surface area contributed by atoms with E-state index in [0.717, 1.165) is 17.2 Å². The molecule has 0 aliphatic carbocycles. The normalized spacial score (nSPS) is 9.70. The number of benzene rings is 2. The summed E-state index contributed by atoms with van der Waals surface area (Å²) in [5.74, 6) is 0. The Morgan fingerprint density at radius 3 is 1.90 bits per heavy atom. The number of hydroxylamine groups is 2. The molecule has 0 radical (unpaired) electrons. The van der Waals surface area contributed by atoms with Crippen molar-refractivity contribution in [2.45, 2.75) is 13.0 Å². The SMILES string of the molecule is Cl.O.ON(CCc1ccccc1)OCc1ccccc1. The van der Waals surface area contributed by atoms with Gasteiger partial charge in [-0.3, -0.25) is 10.0 Å². The van der Waals surface area contributed by atoms with Crippen LogP contribution < -0.4 is 0 Å². The molecule has 0 aromatic heterocycles. The van der Waals surface area contributed by atoms with Crippen molar-refractivity contribution in [1.82, 2.24) is 5.23 Å². The maximum Gasteiger partial charge on any atom is 0.0962 e. The third-order valence-electron chi connectivity index (χ3n) is 2.66. The molecule has 0 spiro atoms. The zero-order valence-corrected chi connectivity index (χ0v) is 11.9. The summed E-state index contributed by atoms with van der Waals surface area (Å²) in [5, 5.41) is 10.5. The van der Waals surface area contributed by atoms with Crippen LogP contribution in [0.25, 0.3) is 0 Å². The van der Waals surface area contributed by atoms with Crippen molar-refractivity contribution >= 4 is 12.4 Å². The fourth-order valence-electron chi connectivity index (χ4n) is 1.66. The molecule has 0 saturated heterocycles. The molecule has 0 bridgehead atoms. The summed E-state index contributed by atoms with van der Waals surface area (Å²) in [5.41, 5.74) is 2.22. The smallest absolute Gasteiger partial charge is 0.0962 e. The van der Waals surface area contributed by atoms with Gasteiger partial charge >= 0.3 is 0 Å². The van der Waals surface area contributed by atoms with Crippen molar-refractivity contribution in [2.24, 2.45) is 0 Å². The molecule has 0 aliphatic heterocycles. The van der Waals surface area contributed by atoms with Crippen LogP contribution in [0.3, 0.4) is 0 Å². The van der Waals surface area contributed by atoms with Crippen LogP contribution in [0.4, 0.5) is 0 Å². The molecule has 0 unspecified atom stereocenters. The topological polar surface area (TPSA) is 64.2 Å². The zero-order chi connectivity index (χ0) is 12.6. The second kappa shape index (κ2) is 10.4. The Hall–Kier alpha value is -1.43. The van der Waals surface area contributed by atoms with Crippen LogP contribution in [0.1, 0.15) is 11.1 Å². The lowest BCUT2D eigenvalue weighted by molar-refractivity contribution is -0.346. The van der Waals surface area contributed by atoms with Crippen LogP contribution >= 0.6 is 12.4 Å². The fraction of sp³-hybridized carbons (Fsp3) is 0.200. The van der Waals surface area contributed by atoms with Crippen LogP contribution in [0.5, 0.6) is 0 Å². The lowest BCUT2D eigenvalue weighted by Gasteiger charge is -2.14. The molecular weight excluding hydrogens is 278 g/mol. The van der Waals surface area contributed by atoms with E-state index in [2.05, 4.69) is 0 Å². The van der Waals surface area contributed by atoms with Crippen molar-refractivity contribution in [3.63, 3.8) is 0 Å². The molecule has 2 rings (SSSR count). The Labute approximate surface area is 125 Å². The van der Waals surface area contributed by atoms with E-state index in [1.807, 2.05) is 60.7 Å². The molecule has 0 heterocycles. The number of hydrogen-bond donors (Lipinski definition) is 1. The third-order valence-corrected chi connectivity index (χ3v) is 2.66. The zero-order valence-electron chi connectivity index (χ0n) is 11.1. The predicted octanol–water partition coefficient (Wildman–Crippen LogP) is 2.65. The average Bonchev–Trinajstić information content (AvgIpc) is 2.45. The lowest BCUT2D eigenvalue weighted by atomic mass is 10.2. The number of rotatable bonds is 6. The summed E-state index contributed by atoms with van der Waals surface area (Å²) in [4.78, 5) is 5.24. The van der Waals surface area contributed by atoms with Crippen molar-refractivity contribution in [3.05, 3.63) is 71.8 Å². The molecule has 3 N–H and O–H groups in total. The van der Waals surface area contributed by atoms with Gasteiger partial charge in [-0.15, -0.1) is 12.4 Å². The molecule has 0 amide bonds. The third kappa shape index (κ3) is 6.65. The molecule has 20 heavy (non-hydrogen) atoms. The van der Waals surface area contributed by atoms with E-state index in [1.165, 1.54) is 5.56 Å². The number of hydrogen-bond acceptors (Lipinski definition) is 3. The van der Waals surface area contributed by atoms with Gasteiger partial charge in [0.05, 0.1) is 13.2 Å². The van der Waals surface area contributed by atoms with Gasteiger partial charge in [0, 0.05) is 0 Å². The van der Waals surface area contributed by atoms with Crippen molar-refractivity contribution in [2.75, 3.05) is 6.54 Å². The largest absolute Gasteiger partial charge is 0.412 e. The maximum atomic E-state index is 9.58. The highest BCUT2D eigenvalue weighted by molar-refractivity contribution is 5.85. The minimum atomic E-state index is 0. The highest BCUT2D eigenvalue weighted by Gasteiger charge is 2.02. The first-order valence-corrected chi connectivity index (χ1v) is 6.02. The Morgan fingerprint density at radius 2 is 1.35 bits per heavy atom. The molecule has 5 heteroatoms. The molecule has 4 nitrogen and oxygen atoms in total. The molecule has 0 fully saturated rings. The van der Waals surface area contributed by atoms with E-state index in [1.54, 1.807) is 0 Å². The summed E-state index contributed by atoms with van der Waals surface area (Å²) in [6.07, 6.45) is 0.756. The fourth-order valence-corrected chi connectivity index (χ4v) is 1.66. The summed E-state index contributed by atoms with van der Waals surface area (Å²) in [6.45, 7) is 0.836. The standard InChI is InChI=1S/C15H17NO2.ClH.H2O/c17-16(12-11-14-7-3-1-4-8-14)18-13-15-9-5-2-6-10-15;;/h1-10,17H,11-13H2;1H;1H2. The van der Waals surface area contributed by atoms with Crippen LogP contribution in [-0.2, 0) is 17.9 Å². The van der Waals surface area contributed by atoms with E-state index in [-0.39, 0.29) is 17.9 Å². The van der Waals surface area contributed by atoms with E-state index in [4.69, 9.17) is 4.84 Å². The first kappa shape index (κ1) is 18.6. The number of nitrogens with zero attached hydrogens (tertiary/aromatic N) is 1. The number of halogens is 1. The summed E-state index contributed by atoms with van der Waals surface area (Å²) in [7, 11) is 0. The second-order valence-electron chi connectivity index (χ2n) is 4.07. The first-order valence-electron chi connectivity index (χ1n) is 6.02. The van der Waals surface area contributed by atoms with E-state index in [9.17, 15) is 5.21 Å². The summed E-state index contributed by atoms with van der Waals surface area (Å²) < 4.78 is 0. The van der Waals surface area contributed by atoms with Gasteiger partial charge in [0.15, 0.2) is 0 Å². The van der Waals surface area contributed by atoms with Gasteiger partial charge in [-0.1, -0.05) is 65.9 Å². The Kier molecular flexibility index (Phi) is 9.63. The van der Waals surface area contributed by atoms with E-state index in [0.29, 0.717) is 13.2 Å². The van der Waals surface area contributed by atoms with Crippen LogP contribution in [0, 0.1) is 0 Å². The molecule has 0 atom stereocenters. The Morgan fingerprint density at radius 1 is 0.850 bits per heavy atom. The minimum Gasteiger partial charge on any atom is -0.412 e. The molecule has 0 aliphatic rings. The molecule has 2 aromatic carbocycles. The maximum absolute atomic E-state index is 9.58. The van der Waals surface area contributed by atoms with Gasteiger partial charge in [-0.05, 0) is 17.5 Å². The van der Waals surface area contributed by atoms with Crippen molar-refractivity contribution in [3.8, 4) is 0 Å². The Bertz CT molecular complexity index is 410. The van der Waals surface area contributed by atoms with Gasteiger partial charge in [0.1, 0.15) is 0 Å². The lowest BCUT2D eigenvalue weighted by Crippen LogP contribution is -2.22. The quantitative estimate of drug-likeness (QED) is 0.834. The summed E-state index contributed by atoms with van der Waals surface area (Å²) >= 11 is 0. The monoisotopic (exact) mass is 297 g/mol. The van der Waals surface area contributed by atoms with Crippen LogP contribution in [0.2, 0.25) is 0 Å². The predicted molar refractivity (Wildman–Crippen MR) is 80.7 cm³/mol. The molecular formula is C15H20ClNO3. The molecule has 0 saturated carbocycles. The second-order valence-corrected chi connectivity index (χ2v) is 4.07. The van der Waals surface area contributed by atoms with Gasteiger partial charge in [-0.2, -0.15) is 0 Å². The van der Waals surface area contributed by atoms with Gasteiger partial charge in [0.2, 0.25) is 0 Å². The van der Waals surface area contributed by atoms with E-state index >= 15 is 0 Å².